The molecule has 0 fully saturated rings. The van der Waals surface area contributed by atoms with Crippen LogP contribution >= 0.6 is 0 Å². The number of nitrogens with zero attached hydrogens (tertiary/aromatic N) is 2. The molecule has 2 rings (SSSR count). The minimum Gasteiger partial charge on any atom is -0.497 e. The maximum atomic E-state index is 12.0. The number of amides is 1. The first-order chi connectivity index (χ1) is 11.3. The molecule has 0 aliphatic rings. The lowest BCUT2D eigenvalue weighted by Crippen LogP contribution is -2.28. The quantitative estimate of drug-likeness (QED) is 0.855. The molecule has 1 aromatic carbocycles. The Morgan fingerprint density at radius 2 is 1.79 bits per heavy atom. The molecule has 0 saturated heterocycles. The Balaban J connectivity index is 2.24. The summed E-state index contributed by atoms with van der Waals surface area (Å²) in [5.41, 5.74) is 1.18. The van der Waals surface area contributed by atoms with E-state index in [0.29, 0.717) is 11.4 Å². The third kappa shape index (κ3) is 4.29. The SMILES string of the molecule is COc1ccc(-c2nccnc2NC(=O)CS(=O)(=O)C(C)C)cc1. The lowest BCUT2D eigenvalue weighted by atomic mass is 10.1. The fourth-order valence-electron chi connectivity index (χ4n) is 1.91. The van der Waals surface area contributed by atoms with Gasteiger partial charge in [0.15, 0.2) is 15.7 Å². The molecular formula is C16H19N3O4S. The van der Waals surface area contributed by atoms with Crippen LogP contribution in [0.3, 0.4) is 0 Å². The van der Waals surface area contributed by atoms with E-state index in [1.807, 2.05) is 0 Å². The van der Waals surface area contributed by atoms with Gasteiger partial charge in [0.05, 0.1) is 12.4 Å². The highest BCUT2D eigenvalue weighted by molar-refractivity contribution is 7.92. The van der Waals surface area contributed by atoms with Crippen LogP contribution in [-0.2, 0) is 14.6 Å². The molecule has 1 aromatic heterocycles. The largest absolute Gasteiger partial charge is 0.497 e. The molecule has 0 spiro atoms. The van der Waals surface area contributed by atoms with Crippen LogP contribution in [0.2, 0.25) is 0 Å². The standard InChI is InChI=1S/C16H19N3O4S/c1-11(2)24(21,22)10-14(20)19-16-15(17-8-9-18-16)12-4-6-13(23-3)7-5-12/h4-9,11H,10H2,1-3H3,(H,18,19,20). The average Bonchev–Trinajstić information content (AvgIpc) is 2.55. The lowest BCUT2D eigenvalue weighted by Gasteiger charge is -2.11. The van der Waals surface area contributed by atoms with Crippen molar-refractivity contribution < 1.29 is 17.9 Å². The zero-order chi connectivity index (χ0) is 17.7. The minimum absolute atomic E-state index is 0.214. The highest BCUT2D eigenvalue weighted by Gasteiger charge is 2.22. The van der Waals surface area contributed by atoms with E-state index in [1.54, 1.807) is 31.4 Å². The number of carbonyl (C=O) groups is 1. The molecule has 2 aromatic rings. The number of benzene rings is 1. The molecule has 8 heteroatoms. The topological polar surface area (TPSA) is 98.2 Å². The van der Waals surface area contributed by atoms with Crippen molar-refractivity contribution in [2.75, 3.05) is 18.2 Å². The van der Waals surface area contributed by atoms with Gasteiger partial charge in [-0.05, 0) is 38.1 Å². The van der Waals surface area contributed by atoms with Crippen molar-refractivity contribution in [3.8, 4) is 17.0 Å². The number of aromatic nitrogens is 2. The molecule has 1 heterocycles. The zero-order valence-corrected chi connectivity index (χ0v) is 14.5. The molecule has 0 atom stereocenters. The Morgan fingerprint density at radius 1 is 1.17 bits per heavy atom. The van der Waals surface area contributed by atoms with Crippen molar-refractivity contribution in [2.24, 2.45) is 0 Å². The predicted molar refractivity (Wildman–Crippen MR) is 91.6 cm³/mol. The van der Waals surface area contributed by atoms with Crippen LogP contribution in [0.4, 0.5) is 5.82 Å². The second-order valence-electron chi connectivity index (χ2n) is 5.39. The summed E-state index contributed by atoms with van der Waals surface area (Å²) in [6, 6.07) is 7.09. The van der Waals surface area contributed by atoms with Gasteiger partial charge >= 0.3 is 0 Å². The van der Waals surface area contributed by atoms with Crippen LogP contribution in [0.25, 0.3) is 11.3 Å². The van der Waals surface area contributed by atoms with Crippen LogP contribution in [0, 0.1) is 0 Å². The summed E-state index contributed by atoms with van der Waals surface area (Å²) < 4.78 is 28.8. The Labute approximate surface area is 141 Å². The second-order valence-corrected chi connectivity index (χ2v) is 7.94. The summed E-state index contributed by atoms with van der Waals surface area (Å²) in [4.78, 5) is 20.4. The Bertz CT molecular complexity index is 817. The van der Waals surface area contributed by atoms with Crippen molar-refractivity contribution in [1.29, 1.82) is 0 Å². The molecule has 128 valence electrons. The van der Waals surface area contributed by atoms with Crippen LogP contribution < -0.4 is 10.1 Å². The smallest absolute Gasteiger partial charge is 0.240 e. The molecule has 0 unspecified atom stereocenters. The van der Waals surface area contributed by atoms with Crippen LogP contribution in [0.5, 0.6) is 5.75 Å². The van der Waals surface area contributed by atoms with E-state index in [0.717, 1.165) is 5.56 Å². The van der Waals surface area contributed by atoms with E-state index in [9.17, 15) is 13.2 Å². The van der Waals surface area contributed by atoms with Gasteiger partial charge in [-0.1, -0.05) is 0 Å². The first-order valence-corrected chi connectivity index (χ1v) is 9.02. The van der Waals surface area contributed by atoms with E-state index in [2.05, 4.69) is 15.3 Å². The van der Waals surface area contributed by atoms with Crippen molar-refractivity contribution in [3.63, 3.8) is 0 Å². The van der Waals surface area contributed by atoms with Gasteiger partial charge in [0.2, 0.25) is 5.91 Å². The predicted octanol–water partition coefficient (Wildman–Crippen LogP) is 1.91. The molecule has 0 bridgehead atoms. The van der Waals surface area contributed by atoms with E-state index in [-0.39, 0.29) is 5.82 Å². The third-order valence-electron chi connectivity index (χ3n) is 3.37. The molecule has 0 radical (unpaired) electrons. The van der Waals surface area contributed by atoms with Crippen LogP contribution in [0.1, 0.15) is 13.8 Å². The fraction of sp³-hybridized carbons (Fsp3) is 0.312. The summed E-state index contributed by atoms with van der Waals surface area (Å²) in [5, 5.41) is 1.91. The molecule has 24 heavy (non-hydrogen) atoms. The second kappa shape index (κ2) is 7.39. The number of rotatable bonds is 6. The Hall–Kier alpha value is -2.48. The molecule has 1 N–H and O–H groups in total. The van der Waals surface area contributed by atoms with Gasteiger partial charge in [-0.25, -0.2) is 13.4 Å². The Kier molecular flexibility index (Phi) is 5.50. The van der Waals surface area contributed by atoms with Gasteiger partial charge in [-0.15, -0.1) is 0 Å². The van der Waals surface area contributed by atoms with Gasteiger partial charge in [0, 0.05) is 18.0 Å². The normalized spacial score (nSPS) is 11.3. The molecule has 1 amide bonds. The monoisotopic (exact) mass is 349 g/mol. The third-order valence-corrected chi connectivity index (χ3v) is 5.47. The number of hydrogen-bond donors (Lipinski definition) is 1. The number of hydrogen-bond acceptors (Lipinski definition) is 6. The number of carbonyl (C=O) groups excluding carboxylic acids is 1. The fourth-order valence-corrected chi connectivity index (χ4v) is 2.68. The zero-order valence-electron chi connectivity index (χ0n) is 13.7. The van der Waals surface area contributed by atoms with Crippen molar-refractivity contribution in [1.82, 2.24) is 9.97 Å². The maximum Gasteiger partial charge on any atom is 0.240 e. The van der Waals surface area contributed by atoms with Crippen molar-refractivity contribution in [2.45, 2.75) is 19.1 Å². The van der Waals surface area contributed by atoms with Crippen molar-refractivity contribution in [3.05, 3.63) is 36.7 Å². The van der Waals surface area contributed by atoms with Crippen molar-refractivity contribution >= 4 is 21.6 Å². The van der Waals surface area contributed by atoms with E-state index < -0.39 is 26.7 Å². The summed E-state index contributed by atoms with van der Waals surface area (Å²) in [6.45, 7) is 3.07. The minimum atomic E-state index is -3.48. The van der Waals surface area contributed by atoms with Gasteiger partial charge in [0.25, 0.3) is 0 Å². The van der Waals surface area contributed by atoms with E-state index in [1.165, 1.54) is 26.2 Å². The maximum absolute atomic E-state index is 12.0. The highest BCUT2D eigenvalue weighted by atomic mass is 32.2. The van der Waals surface area contributed by atoms with Gasteiger partial charge < -0.3 is 10.1 Å². The number of sulfone groups is 1. The lowest BCUT2D eigenvalue weighted by molar-refractivity contribution is -0.113. The molecule has 0 saturated carbocycles. The average molecular weight is 349 g/mol. The van der Waals surface area contributed by atoms with Gasteiger partial charge in [-0.3, -0.25) is 9.78 Å². The highest BCUT2D eigenvalue weighted by Crippen LogP contribution is 2.25. The van der Waals surface area contributed by atoms with Gasteiger partial charge in [-0.2, -0.15) is 0 Å². The number of ether oxygens (including phenoxy) is 1. The molecule has 7 nitrogen and oxygen atoms in total. The van der Waals surface area contributed by atoms with Gasteiger partial charge in [0.1, 0.15) is 17.2 Å². The Morgan fingerprint density at radius 3 is 2.38 bits per heavy atom. The molecule has 0 aliphatic heterocycles. The summed E-state index contributed by atoms with van der Waals surface area (Å²) in [6.07, 6.45) is 2.93. The summed E-state index contributed by atoms with van der Waals surface area (Å²) >= 11 is 0. The summed E-state index contributed by atoms with van der Waals surface area (Å²) in [7, 11) is -1.91. The first-order valence-electron chi connectivity index (χ1n) is 7.30. The van der Waals surface area contributed by atoms with E-state index >= 15 is 0 Å². The number of methoxy groups -OCH3 is 1. The molecule has 0 aliphatic carbocycles. The first kappa shape index (κ1) is 17.9. The number of nitrogens with one attached hydrogen (secondary N) is 1. The summed E-state index contributed by atoms with van der Waals surface area (Å²) in [5.74, 6) is -0.328. The van der Waals surface area contributed by atoms with Crippen LogP contribution in [0.15, 0.2) is 36.7 Å². The number of anilines is 1. The van der Waals surface area contributed by atoms with Crippen LogP contribution in [-0.4, -0.2) is 42.4 Å². The van der Waals surface area contributed by atoms with E-state index in [4.69, 9.17) is 4.74 Å². The molecular weight excluding hydrogens is 330 g/mol.